The first-order valence-corrected chi connectivity index (χ1v) is 7.27. The van der Waals surface area contributed by atoms with Gasteiger partial charge in [-0.25, -0.2) is 4.79 Å². The number of aliphatic carboxylic acids is 1. The molecule has 7 heteroatoms. The predicted molar refractivity (Wildman–Crippen MR) is 73.5 cm³/mol. The highest BCUT2D eigenvalue weighted by Crippen LogP contribution is 2.36. The van der Waals surface area contributed by atoms with E-state index >= 15 is 0 Å². The van der Waals surface area contributed by atoms with E-state index < -0.39 is 29.7 Å². The lowest BCUT2D eigenvalue weighted by atomic mass is 9.74. The summed E-state index contributed by atoms with van der Waals surface area (Å²) in [6.07, 6.45) is 2.20. The summed E-state index contributed by atoms with van der Waals surface area (Å²) in [7, 11) is 0. The van der Waals surface area contributed by atoms with Gasteiger partial charge in [0.25, 0.3) is 0 Å². The zero-order valence-corrected chi connectivity index (χ0v) is 12.5. The molecular formula is C14H23NO6. The van der Waals surface area contributed by atoms with Gasteiger partial charge in [0.15, 0.2) is 0 Å². The number of carbonyl (C=O) groups excluding carboxylic acids is 2. The number of ether oxygens (including phenoxy) is 2. The van der Waals surface area contributed by atoms with Crippen LogP contribution in [0.3, 0.4) is 0 Å². The van der Waals surface area contributed by atoms with Gasteiger partial charge in [-0.05, 0) is 12.8 Å². The molecule has 0 aromatic rings. The molecule has 120 valence electrons. The van der Waals surface area contributed by atoms with Gasteiger partial charge in [0, 0.05) is 19.9 Å². The monoisotopic (exact) mass is 301 g/mol. The van der Waals surface area contributed by atoms with Crippen molar-refractivity contribution in [3.05, 3.63) is 0 Å². The maximum atomic E-state index is 11.6. The van der Waals surface area contributed by atoms with E-state index in [0.717, 1.165) is 19.3 Å². The van der Waals surface area contributed by atoms with Gasteiger partial charge in [-0.15, -0.1) is 0 Å². The van der Waals surface area contributed by atoms with Crippen molar-refractivity contribution in [3.63, 3.8) is 0 Å². The van der Waals surface area contributed by atoms with Crippen LogP contribution in [0.2, 0.25) is 0 Å². The van der Waals surface area contributed by atoms with Gasteiger partial charge in [-0.1, -0.05) is 26.2 Å². The van der Waals surface area contributed by atoms with Crippen LogP contribution in [-0.4, -0.2) is 36.0 Å². The number of amides is 1. The maximum absolute atomic E-state index is 11.6. The average molecular weight is 301 g/mol. The van der Waals surface area contributed by atoms with Crippen molar-refractivity contribution in [1.82, 2.24) is 5.32 Å². The summed E-state index contributed by atoms with van der Waals surface area (Å²) in [5, 5.41) is 11.8. The molecule has 0 spiro atoms. The fourth-order valence-electron chi connectivity index (χ4n) is 2.42. The number of carbonyl (C=O) groups is 3. The van der Waals surface area contributed by atoms with Crippen LogP contribution >= 0.6 is 0 Å². The molecule has 0 aromatic carbocycles. The van der Waals surface area contributed by atoms with Crippen LogP contribution < -0.4 is 5.32 Å². The van der Waals surface area contributed by atoms with Crippen LogP contribution in [-0.2, 0) is 19.1 Å². The number of rotatable bonds is 6. The zero-order valence-electron chi connectivity index (χ0n) is 12.5. The first-order valence-electron chi connectivity index (χ1n) is 7.27. The van der Waals surface area contributed by atoms with Gasteiger partial charge in [0.2, 0.25) is 6.29 Å². The molecule has 7 nitrogen and oxygen atoms in total. The fourth-order valence-corrected chi connectivity index (χ4v) is 2.42. The third kappa shape index (κ3) is 5.24. The molecule has 0 aliphatic heterocycles. The fraction of sp³-hybridized carbons (Fsp3) is 0.786. The first-order chi connectivity index (χ1) is 9.89. The van der Waals surface area contributed by atoms with Crippen LogP contribution in [0, 0.1) is 5.41 Å². The van der Waals surface area contributed by atoms with Crippen molar-refractivity contribution >= 4 is 18.0 Å². The Morgan fingerprint density at radius 1 is 1.19 bits per heavy atom. The number of carboxylic acids is 1. The van der Waals surface area contributed by atoms with Crippen LogP contribution in [0.25, 0.3) is 0 Å². The van der Waals surface area contributed by atoms with Crippen LogP contribution in [0.15, 0.2) is 0 Å². The molecule has 0 radical (unpaired) electrons. The van der Waals surface area contributed by atoms with Gasteiger partial charge in [0.05, 0.1) is 5.41 Å². The van der Waals surface area contributed by atoms with Crippen molar-refractivity contribution in [2.24, 2.45) is 5.41 Å². The van der Waals surface area contributed by atoms with E-state index in [1.807, 2.05) is 0 Å². The number of nitrogens with one attached hydrogen (secondary N) is 1. The summed E-state index contributed by atoms with van der Waals surface area (Å²) >= 11 is 0. The summed E-state index contributed by atoms with van der Waals surface area (Å²) in [5.41, 5.74) is -0.916. The second-order valence-corrected chi connectivity index (χ2v) is 5.32. The number of hydrogen-bond acceptors (Lipinski definition) is 5. The lowest BCUT2D eigenvalue weighted by Crippen LogP contribution is -2.45. The highest BCUT2D eigenvalue weighted by molar-refractivity contribution is 5.76. The quantitative estimate of drug-likeness (QED) is 0.575. The van der Waals surface area contributed by atoms with Crippen molar-refractivity contribution < 1.29 is 29.0 Å². The maximum Gasteiger partial charge on any atom is 0.410 e. The van der Waals surface area contributed by atoms with Gasteiger partial charge < -0.3 is 19.9 Å². The second-order valence-electron chi connectivity index (χ2n) is 5.32. The van der Waals surface area contributed by atoms with E-state index in [9.17, 15) is 19.5 Å². The number of carboxylic acid groups (broad SMARTS) is 1. The Morgan fingerprint density at radius 3 is 2.33 bits per heavy atom. The zero-order chi connectivity index (χ0) is 15.9. The molecule has 1 aliphatic rings. The molecule has 0 bridgehead atoms. The minimum atomic E-state index is -0.996. The lowest BCUT2D eigenvalue weighted by molar-refractivity contribution is -0.164. The van der Waals surface area contributed by atoms with Gasteiger partial charge in [0.1, 0.15) is 0 Å². The first kappa shape index (κ1) is 17.3. The average Bonchev–Trinajstić information content (AvgIpc) is 2.45. The van der Waals surface area contributed by atoms with E-state index in [0.29, 0.717) is 12.8 Å². The molecular weight excluding hydrogens is 278 g/mol. The van der Waals surface area contributed by atoms with E-state index in [1.165, 1.54) is 6.92 Å². The molecule has 1 unspecified atom stereocenters. The summed E-state index contributed by atoms with van der Waals surface area (Å²) in [6, 6.07) is 0. The smallest absolute Gasteiger partial charge is 0.410 e. The third-order valence-electron chi connectivity index (χ3n) is 3.69. The molecule has 0 aromatic heterocycles. The van der Waals surface area contributed by atoms with Gasteiger partial charge in [-0.2, -0.15) is 0 Å². The Balaban J connectivity index is 2.43. The SMILES string of the molecule is CCC(=O)OC(C)OC(=O)NCC1(C(=O)O)CCCCC1. The summed E-state index contributed by atoms with van der Waals surface area (Å²) in [4.78, 5) is 34.1. The molecule has 1 saturated carbocycles. The van der Waals surface area contributed by atoms with Crippen molar-refractivity contribution in [1.29, 1.82) is 0 Å². The largest absolute Gasteiger partial charge is 0.481 e. The highest BCUT2D eigenvalue weighted by atomic mass is 16.7. The van der Waals surface area contributed by atoms with Gasteiger partial charge >= 0.3 is 18.0 Å². The van der Waals surface area contributed by atoms with Crippen LogP contribution in [0.4, 0.5) is 4.79 Å². The van der Waals surface area contributed by atoms with Gasteiger partial charge in [-0.3, -0.25) is 9.59 Å². The molecule has 0 heterocycles. The van der Waals surface area contributed by atoms with Crippen molar-refractivity contribution in [2.75, 3.05) is 6.54 Å². The Kier molecular flexibility index (Phi) is 6.45. The molecule has 2 N–H and O–H groups in total. The van der Waals surface area contributed by atoms with E-state index in [-0.39, 0.29) is 13.0 Å². The second kappa shape index (κ2) is 7.85. The van der Waals surface area contributed by atoms with Crippen molar-refractivity contribution in [2.45, 2.75) is 58.7 Å². The Hall–Kier alpha value is -1.79. The number of hydrogen-bond donors (Lipinski definition) is 2. The minimum Gasteiger partial charge on any atom is -0.481 e. The van der Waals surface area contributed by atoms with Crippen LogP contribution in [0.1, 0.15) is 52.4 Å². The Labute approximate surface area is 124 Å². The molecule has 1 rings (SSSR count). The molecule has 1 aliphatic carbocycles. The topological polar surface area (TPSA) is 102 Å². The minimum absolute atomic E-state index is 0.0234. The molecule has 1 fully saturated rings. The third-order valence-corrected chi connectivity index (χ3v) is 3.69. The number of alkyl carbamates (subject to hydrolysis) is 1. The summed E-state index contributed by atoms with van der Waals surface area (Å²) < 4.78 is 9.65. The standard InChI is InChI=1S/C14H23NO6/c1-3-11(16)20-10(2)21-13(19)15-9-14(12(17)18)7-5-4-6-8-14/h10H,3-9H2,1-2H3,(H,15,19)(H,17,18). The Morgan fingerprint density at radius 2 is 1.81 bits per heavy atom. The Bertz CT molecular complexity index is 389. The predicted octanol–water partition coefficient (Wildman–Crippen LogP) is 2.05. The van der Waals surface area contributed by atoms with E-state index in [1.54, 1.807) is 6.92 Å². The molecule has 21 heavy (non-hydrogen) atoms. The normalized spacial score (nSPS) is 18.4. The highest BCUT2D eigenvalue weighted by Gasteiger charge is 2.40. The summed E-state index contributed by atoms with van der Waals surface area (Å²) in [5.74, 6) is -1.36. The van der Waals surface area contributed by atoms with Crippen molar-refractivity contribution in [3.8, 4) is 0 Å². The lowest BCUT2D eigenvalue weighted by Gasteiger charge is -2.33. The van der Waals surface area contributed by atoms with E-state index in [2.05, 4.69) is 5.32 Å². The molecule has 1 atom stereocenters. The summed E-state index contributed by atoms with van der Waals surface area (Å²) in [6.45, 7) is 3.09. The molecule has 0 saturated heterocycles. The number of esters is 1. The van der Waals surface area contributed by atoms with Crippen LogP contribution in [0.5, 0.6) is 0 Å². The molecule has 1 amide bonds. The van der Waals surface area contributed by atoms with E-state index in [4.69, 9.17) is 9.47 Å².